The van der Waals surface area contributed by atoms with Crippen molar-refractivity contribution in [3.8, 4) is 0 Å². The van der Waals surface area contributed by atoms with Crippen LogP contribution in [0.5, 0.6) is 0 Å². The number of aldehydes is 1. The normalized spacial score (nSPS) is 44.7. The molecule has 8 heteroatoms. The molecule has 144 valence electrons. The topological polar surface area (TPSA) is 113 Å². The number of methoxy groups -OCH3 is 1. The summed E-state index contributed by atoms with van der Waals surface area (Å²) in [6.07, 6.45) is -1.13. The number of hydrogen-bond donors (Lipinski definition) is 3. The molecule has 0 aliphatic heterocycles. The average Bonchev–Trinajstić information content (AvgIpc) is 2.49. The van der Waals surface area contributed by atoms with Crippen molar-refractivity contribution in [1.29, 1.82) is 0 Å². The van der Waals surface area contributed by atoms with Crippen molar-refractivity contribution in [2.45, 2.75) is 75.7 Å². The fourth-order valence-corrected chi connectivity index (χ4v) is 5.78. The first-order valence-corrected chi connectivity index (χ1v) is 12.1. The van der Waals surface area contributed by atoms with Crippen LogP contribution in [0.1, 0.15) is 32.6 Å². The van der Waals surface area contributed by atoms with E-state index in [0.717, 1.165) is 6.29 Å². The monoisotopic (exact) mass is 374 g/mol. The zero-order valence-corrected chi connectivity index (χ0v) is 16.6. The molecule has 0 saturated heterocycles. The van der Waals surface area contributed by atoms with Crippen molar-refractivity contribution < 1.29 is 34.1 Å². The largest absolute Gasteiger partial charge is 0.468 e. The molecule has 7 nitrogen and oxygen atoms in total. The van der Waals surface area contributed by atoms with Crippen molar-refractivity contribution in [2.24, 2.45) is 11.3 Å². The fourth-order valence-electron chi connectivity index (χ4n) is 4.64. The average molecular weight is 375 g/mol. The molecule has 0 unspecified atom stereocenters. The van der Waals surface area contributed by atoms with Gasteiger partial charge >= 0.3 is 5.97 Å². The summed E-state index contributed by atoms with van der Waals surface area (Å²) in [7, 11) is -1.02. The molecule has 0 aromatic heterocycles. The molecule has 0 bridgehead atoms. The second-order valence-electron chi connectivity index (χ2n) is 8.60. The lowest BCUT2D eigenvalue weighted by Gasteiger charge is -2.63. The maximum absolute atomic E-state index is 12.9. The number of rotatable bonds is 4. The Labute approximate surface area is 149 Å². The van der Waals surface area contributed by atoms with Crippen LogP contribution in [0.3, 0.4) is 0 Å². The van der Waals surface area contributed by atoms with E-state index in [2.05, 4.69) is 0 Å². The van der Waals surface area contributed by atoms with Gasteiger partial charge in [0.25, 0.3) is 0 Å². The smallest absolute Gasteiger partial charge is 0.320 e. The molecule has 0 aromatic carbocycles. The molecule has 3 N–H and O–H groups in total. The summed E-state index contributed by atoms with van der Waals surface area (Å²) in [6, 6.07) is 0. The molecular formula is C17H30O7Si. The third-order valence-electron chi connectivity index (χ3n) is 5.80. The Morgan fingerprint density at radius 3 is 2.36 bits per heavy atom. The number of aliphatic hydroxyl groups is 3. The number of esters is 1. The molecule has 0 aromatic rings. The van der Waals surface area contributed by atoms with E-state index in [-0.39, 0.29) is 25.7 Å². The molecule has 0 amide bonds. The summed E-state index contributed by atoms with van der Waals surface area (Å²) in [5.41, 5.74) is -5.52. The van der Waals surface area contributed by atoms with Gasteiger partial charge in [0.15, 0.2) is 8.32 Å². The van der Waals surface area contributed by atoms with E-state index in [4.69, 9.17) is 9.16 Å². The summed E-state index contributed by atoms with van der Waals surface area (Å²) < 4.78 is 11.2. The van der Waals surface area contributed by atoms with E-state index in [1.54, 1.807) is 0 Å². The fraction of sp³-hybridized carbons (Fsp3) is 0.882. The van der Waals surface area contributed by atoms with Gasteiger partial charge in [-0.25, -0.2) is 0 Å². The highest BCUT2D eigenvalue weighted by Gasteiger charge is 2.75. The Bertz CT molecular complexity index is 544. The van der Waals surface area contributed by atoms with Gasteiger partial charge in [-0.05, 0) is 52.2 Å². The molecule has 25 heavy (non-hydrogen) atoms. The van der Waals surface area contributed by atoms with Gasteiger partial charge in [0.2, 0.25) is 0 Å². The number of ether oxygens (including phenoxy) is 1. The third-order valence-corrected chi connectivity index (χ3v) is 6.79. The number of carbonyl (C=O) groups is 2. The predicted octanol–water partition coefficient (Wildman–Crippen LogP) is 0.612. The molecule has 0 heterocycles. The van der Waals surface area contributed by atoms with Gasteiger partial charge in [-0.2, -0.15) is 0 Å². The summed E-state index contributed by atoms with van der Waals surface area (Å²) in [5.74, 6) is -1.39. The molecule has 2 aliphatic carbocycles. The molecule has 2 aliphatic rings. The summed E-state index contributed by atoms with van der Waals surface area (Å²) in [5, 5.41) is 33.4. The van der Waals surface area contributed by atoms with Crippen LogP contribution in [-0.4, -0.2) is 66.4 Å². The van der Waals surface area contributed by atoms with Gasteiger partial charge in [0.1, 0.15) is 17.3 Å². The van der Waals surface area contributed by atoms with E-state index < -0.39 is 49.0 Å². The van der Waals surface area contributed by atoms with E-state index in [9.17, 15) is 24.9 Å². The van der Waals surface area contributed by atoms with Crippen LogP contribution in [0.25, 0.3) is 0 Å². The van der Waals surface area contributed by atoms with Crippen LogP contribution in [0.2, 0.25) is 19.6 Å². The van der Waals surface area contributed by atoms with E-state index >= 15 is 0 Å². The second-order valence-corrected chi connectivity index (χ2v) is 13.1. The first-order valence-electron chi connectivity index (χ1n) is 8.70. The zero-order valence-electron chi connectivity index (χ0n) is 15.6. The lowest BCUT2D eigenvalue weighted by Crippen LogP contribution is -2.79. The second kappa shape index (κ2) is 6.42. The van der Waals surface area contributed by atoms with Crippen LogP contribution in [-0.2, 0) is 18.8 Å². The van der Waals surface area contributed by atoms with E-state index in [0.29, 0.717) is 0 Å². The quantitative estimate of drug-likeness (QED) is 0.375. The standard InChI is InChI=1S/C17H30O7Si/c1-15(21)7-6-12(19)17(14(20)23-2)13(24-25(3,4)5)8-11(10-18)9-16(15,17)22/h10-13,19,21-22H,6-9H2,1-5H3/t11-,12+,13-,15+,16-,17+/m1/s1. The molecule has 2 rings (SSSR count). The number of aliphatic hydroxyl groups excluding tert-OH is 1. The minimum absolute atomic E-state index is 0.106. The van der Waals surface area contributed by atoms with Crippen molar-refractivity contribution in [3.05, 3.63) is 0 Å². The molecule has 0 spiro atoms. The number of carbonyl (C=O) groups excluding carboxylic acids is 2. The van der Waals surface area contributed by atoms with Crippen molar-refractivity contribution in [3.63, 3.8) is 0 Å². The Hall–Kier alpha value is -0.803. The van der Waals surface area contributed by atoms with Crippen LogP contribution in [0.4, 0.5) is 0 Å². The van der Waals surface area contributed by atoms with Crippen LogP contribution >= 0.6 is 0 Å². The van der Waals surface area contributed by atoms with Crippen LogP contribution in [0, 0.1) is 11.3 Å². The Morgan fingerprint density at radius 1 is 1.28 bits per heavy atom. The van der Waals surface area contributed by atoms with E-state index in [1.165, 1.54) is 14.0 Å². The Balaban J connectivity index is 2.71. The highest BCUT2D eigenvalue weighted by Crippen LogP contribution is 2.59. The van der Waals surface area contributed by atoms with Gasteiger partial charge in [0.05, 0.1) is 24.9 Å². The third kappa shape index (κ3) is 2.97. The van der Waals surface area contributed by atoms with Gasteiger partial charge in [-0.1, -0.05) is 0 Å². The number of hydrogen-bond acceptors (Lipinski definition) is 7. The molecule has 2 fully saturated rings. The maximum Gasteiger partial charge on any atom is 0.320 e. The lowest BCUT2D eigenvalue weighted by molar-refractivity contribution is -0.303. The van der Waals surface area contributed by atoms with E-state index in [1.807, 2.05) is 19.6 Å². The summed E-state index contributed by atoms with van der Waals surface area (Å²) >= 11 is 0. The molecule has 0 radical (unpaired) electrons. The van der Waals surface area contributed by atoms with Crippen molar-refractivity contribution in [1.82, 2.24) is 0 Å². The maximum atomic E-state index is 12.9. The van der Waals surface area contributed by atoms with Crippen LogP contribution < -0.4 is 0 Å². The molecule has 2 saturated carbocycles. The predicted molar refractivity (Wildman–Crippen MR) is 92.3 cm³/mol. The Kier molecular flexibility index (Phi) is 5.27. The highest BCUT2D eigenvalue weighted by molar-refractivity contribution is 6.69. The first kappa shape index (κ1) is 20.5. The number of fused-ring (bicyclic) bond motifs is 1. The van der Waals surface area contributed by atoms with Crippen LogP contribution in [0.15, 0.2) is 0 Å². The van der Waals surface area contributed by atoms with Gasteiger partial charge in [-0.3, -0.25) is 4.79 Å². The van der Waals surface area contributed by atoms with Gasteiger partial charge < -0.3 is 29.3 Å². The molecule has 6 atom stereocenters. The van der Waals surface area contributed by atoms with Crippen molar-refractivity contribution >= 4 is 20.6 Å². The Morgan fingerprint density at radius 2 is 1.88 bits per heavy atom. The minimum Gasteiger partial charge on any atom is -0.468 e. The minimum atomic E-state index is -2.21. The first-order chi connectivity index (χ1) is 11.4. The summed E-state index contributed by atoms with van der Waals surface area (Å²) in [6.45, 7) is 7.22. The SMILES string of the molecule is COC(=O)[C@@]12[C@@H](O)CC[C@](C)(O)[C@]1(O)C[C@H](C=O)C[C@H]2O[Si](C)(C)C. The lowest BCUT2D eigenvalue weighted by atomic mass is 9.47. The molecular weight excluding hydrogens is 344 g/mol. The van der Waals surface area contributed by atoms with Gasteiger partial charge in [-0.15, -0.1) is 0 Å². The van der Waals surface area contributed by atoms with Crippen molar-refractivity contribution in [2.75, 3.05) is 7.11 Å². The highest BCUT2D eigenvalue weighted by atomic mass is 28.4. The zero-order chi connectivity index (χ0) is 19.3. The summed E-state index contributed by atoms with van der Waals surface area (Å²) in [4.78, 5) is 24.4. The van der Waals surface area contributed by atoms with Gasteiger partial charge in [0, 0.05) is 5.92 Å².